The molecule has 1 aliphatic heterocycles. The number of carbonyl (C=O) groups is 2. The van der Waals surface area contributed by atoms with Gasteiger partial charge in [0.2, 0.25) is 0 Å². The molecule has 2 rings (SSSR count). The number of imide groups is 1. The van der Waals surface area contributed by atoms with Crippen LogP contribution in [0.3, 0.4) is 0 Å². The van der Waals surface area contributed by atoms with Gasteiger partial charge in [0.15, 0.2) is 0 Å². The Morgan fingerprint density at radius 3 is 2.42 bits per heavy atom. The summed E-state index contributed by atoms with van der Waals surface area (Å²) in [6.45, 7) is 1.74. The summed E-state index contributed by atoms with van der Waals surface area (Å²) in [5, 5.41) is 2.13. The number of carbonyl (C=O) groups excluding carboxylic acids is 2. The summed E-state index contributed by atoms with van der Waals surface area (Å²) in [5.74, 6) is -0.541. The molecule has 3 amide bonds. The second-order valence-electron chi connectivity index (χ2n) is 5.31. The predicted octanol–water partition coefficient (Wildman–Crippen LogP) is 2.44. The Labute approximate surface area is 109 Å². The number of nitrogens with zero attached hydrogens (tertiary/aromatic N) is 1. The number of rotatable bonds is 3. The molecule has 4 nitrogen and oxygen atoms in total. The molecule has 0 aromatic rings. The fraction of sp³-hybridized carbons (Fsp3) is 0.833. The molecule has 1 heterocycles. The minimum Gasteiger partial charge on any atom is -0.325 e. The number of alkyl halides is 3. The van der Waals surface area contributed by atoms with Crippen molar-refractivity contribution < 1.29 is 22.8 Å². The number of halogens is 3. The van der Waals surface area contributed by atoms with E-state index in [0.717, 1.165) is 30.6 Å². The van der Waals surface area contributed by atoms with Crippen LogP contribution in [0, 0.1) is 5.92 Å². The first kappa shape index (κ1) is 14.1. The van der Waals surface area contributed by atoms with Gasteiger partial charge in [-0.3, -0.25) is 9.69 Å². The number of hydrogen-bond acceptors (Lipinski definition) is 2. The van der Waals surface area contributed by atoms with Crippen LogP contribution in [-0.2, 0) is 4.79 Å². The molecule has 2 aliphatic rings. The number of urea groups is 1. The Bertz CT molecular complexity index is 378. The van der Waals surface area contributed by atoms with E-state index in [2.05, 4.69) is 5.32 Å². The minimum absolute atomic E-state index is 0.208. The van der Waals surface area contributed by atoms with Crippen LogP contribution in [-0.4, -0.2) is 35.1 Å². The third-order valence-electron chi connectivity index (χ3n) is 3.98. The molecule has 1 saturated heterocycles. The number of hydrogen-bond donors (Lipinski definition) is 1. The van der Waals surface area contributed by atoms with E-state index < -0.39 is 30.6 Å². The van der Waals surface area contributed by atoms with Gasteiger partial charge in [0.1, 0.15) is 6.04 Å². The molecule has 0 aromatic heterocycles. The molecule has 2 atom stereocenters. The van der Waals surface area contributed by atoms with E-state index in [-0.39, 0.29) is 12.0 Å². The van der Waals surface area contributed by atoms with Gasteiger partial charge >= 0.3 is 12.2 Å². The molecular weight excluding hydrogens is 261 g/mol. The van der Waals surface area contributed by atoms with Crippen LogP contribution in [0.1, 0.15) is 39.0 Å². The summed E-state index contributed by atoms with van der Waals surface area (Å²) >= 11 is 0. The molecule has 1 aliphatic carbocycles. The van der Waals surface area contributed by atoms with Gasteiger partial charge in [0, 0.05) is 6.04 Å². The van der Waals surface area contributed by atoms with E-state index in [1.54, 1.807) is 6.92 Å². The van der Waals surface area contributed by atoms with Crippen molar-refractivity contribution in [3.05, 3.63) is 0 Å². The zero-order valence-corrected chi connectivity index (χ0v) is 10.7. The summed E-state index contributed by atoms with van der Waals surface area (Å²) in [4.78, 5) is 24.6. The van der Waals surface area contributed by atoms with E-state index >= 15 is 0 Å². The highest BCUT2D eigenvalue weighted by molar-refractivity contribution is 6.04. The number of nitrogens with one attached hydrogen (secondary N) is 1. The topological polar surface area (TPSA) is 49.4 Å². The fourth-order valence-corrected chi connectivity index (χ4v) is 2.95. The highest BCUT2D eigenvalue weighted by Gasteiger charge is 2.47. The van der Waals surface area contributed by atoms with Gasteiger partial charge < -0.3 is 5.32 Å². The fourth-order valence-electron chi connectivity index (χ4n) is 2.95. The highest BCUT2D eigenvalue weighted by Crippen LogP contribution is 2.32. The molecule has 0 radical (unpaired) electrons. The molecule has 1 saturated carbocycles. The third-order valence-corrected chi connectivity index (χ3v) is 3.98. The van der Waals surface area contributed by atoms with Gasteiger partial charge in [0.25, 0.3) is 5.91 Å². The Morgan fingerprint density at radius 1 is 1.32 bits per heavy atom. The van der Waals surface area contributed by atoms with E-state index in [9.17, 15) is 22.8 Å². The SMILES string of the molecule is C[C@@H](C1CCCC1)N1C(=O)NC(CC(F)(F)F)C1=O. The van der Waals surface area contributed by atoms with Crippen molar-refractivity contribution in [1.82, 2.24) is 10.2 Å². The average Bonchev–Trinajstić information content (AvgIpc) is 2.86. The standard InChI is InChI=1S/C12H17F3N2O2/c1-7(8-4-2-3-5-8)17-10(18)9(16-11(17)19)6-12(13,14)15/h7-9H,2-6H2,1H3,(H,16,19)/t7-,9?/m0/s1. The monoisotopic (exact) mass is 278 g/mol. The van der Waals surface area contributed by atoms with E-state index in [1.165, 1.54) is 0 Å². The molecule has 1 N–H and O–H groups in total. The van der Waals surface area contributed by atoms with Crippen molar-refractivity contribution >= 4 is 11.9 Å². The summed E-state index contributed by atoms with van der Waals surface area (Å²) in [6, 6.07) is -2.48. The second-order valence-corrected chi connectivity index (χ2v) is 5.31. The quantitative estimate of drug-likeness (QED) is 0.806. The van der Waals surface area contributed by atoms with Crippen molar-refractivity contribution in [2.24, 2.45) is 5.92 Å². The van der Waals surface area contributed by atoms with Crippen molar-refractivity contribution in [3.8, 4) is 0 Å². The van der Waals surface area contributed by atoms with Gasteiger partial charge in [-0.1, -0.05) is 12.8 Å². The average molecular weight is 278 g/mol. The second kappa shape index (κ2) is 5.02. The van der Waals surface area contributed by atoms with Crippen LogP contribution < -0.4 is 5.32 Å². The summed E-state index contributed by atoms with van der Waals surface area (Å²) in [5.41, 5.74) is 0. The van der Waals surface area contributed by atoms with Gasteiger partial charge in [-0.25, -0.2) is 4.79 Å². The molecule has 2 fully saturated rings. The van der Waals surface area contributed by atoms with Gasteiger partial charge in [-0.05, 0) is 25.7 Å². The van der Waals surface area contributed by atoms with Gasteiger partial charge in [-0.15, -0.1) is 0 Å². The molecule has 1 unspecified atom stereocenters. The van der Waals surface area contributed by atoms with Crippen LogP contribution in [0.2, 0.25) is 0 Å². The van der Waals surface area contributed by atoms with Crippen LogP contribution in [0.5, 0.6) is 0 Å². The first-order valence-corrected chi connectivity index (χ1v) is 6.50. The third kappa shape index (κ3) is 3.01. The molecule has 108 valence electrons. The molecule has 0 bridgehead atoms. The first-order valence-electron chi connectivity index (χ1n) is 6.50. The Kier molecular flexibility index (Phi) is 3.73. The lowest BCUT2D eigenvalue weighted by Gasteiger charge is -2.26. The summed E-state index contributed by atoms with van der Waals surface area (Å²) < 4.78 is 36.9. The van der Waals surface area contributed by atoms with Crippen molar-refractivity contribution in [3.63, 3.8) is 0 Å². The maximum Gasteiger partial charge on any atom is 0.391 e. The van der Waals surface area contributed by atoms with Gasteiger partial charge in [-0.2, -0.15) is 13.2 Å². The maximum absolute atomic E-state index is 12.3. The smallest absolute Gasteiger partial charge is 0.325 e. The minimum atomic E-state index is -4.46. The van der Waals surface area contributed by atoms with Crippen LogP contribution in [0.25, 0.3) is 0 Å². The molecule has 19 heavy (non-hydrogen) atoms. The Morgan fingerprint density at radius 2 is 1.89 bits per heavy atom. The largest absolute Gasteiger partial charge is 0.391 e. The number of amides is 3. The first-order chi connectivity index (χ1) is 8.79. The maximum atomic E-state index is 12.3. The molecule has 0 aromatic carbocycles. The lowest BCUT2D eigenvalue weighted by molar-refractivity contribution is -0.150. The normalized spacial score (nSPS) is 26.9. The zero-order valence-electron chi connectivity index (χ0n) is 10.7. The lowest BCUT2D eigenvalue weighted by atomic mass is 9.98. The van der Waals surface area contributed by atoms with E-state index in [1.807, 2.05) is 0 Å². The van der Waals surface area contributed by atoms with E-state index in [0.29, 0.717) is 0 Å². The van der Waals surface area contributed by atoms with E-state index in [4.69, 9.17) is 0 Å². The zero-order chi connectivity index (χ0) is 14.2. The molecule has 7 heteroatoms. The van der Waals surface area contributed by atoms with Crippen molar-refractivity contribution in [2.75, 3.05) is 0 Å². The van der Waals surface area contributed by atoms with Crippen molar-refractivity contribution in [1.29, 1.82) is 0 Å². The predicted molar refractivity (Wildman–Crippen MR) is 61.3 cm³/mol. The Balaban J connectivity index is 2.05. The highest BCUT2D eigenvalue weighted by atomic mass is 19.4. The summed E-state index contributed by atoms with van der Waals surface area (Å²) in [6.07, 6.45) is -1.83. The van der Waals surface area contributed by atoms with Gasteiger partial charge in [0.05, 0.1) is 6.42 Å². The van der Waals surface area contributed by atoms with Crippen LogP contribution >= 0.6 is 0 Å². The van der Waals surface area contributed by atoms with Crippen molar-refractivity contribution in [2.45, 2.75) is 57.3 Å². The molecule has 0 spiro atoms. The Hall–Kier alpha value is -1.27. The van der Waals surface area contributed by atoms with Crippen LogP contribution in [0.15, 0.2) is 0 Å². The summed E-state index contributed by atoms with van der Waals surface area (Å²) in [7, 11) is 0. The molecular formula is C12H17F3N2O2. The lowest BCUT2D eigenvalue weighted by Crippen LogP contribution is -2.43. The van der Waals surface area contributed by atoms with Crippen LogP contribution in [0.4, 0.5) is 18.0 Å².